The van der Waals surface area contributed by atoms with Crippen LogP contribution in [-0.2, 0) is 0 Å². The highest BCUT2D eigenvalue weighted by Gasteiger charge is 2.21. The van der Waals surface area contributed by atoms with E-state index in [9.17, 15) is 9.90 Å². The molecule has 3 N–H and O–H groups in total. The molecule has 7 heteroatoms. The number of aromatic nitrogens is 3. The third-order valence-corrected chi connectivity index (χ3v) is 4.68. The molecular formula is C21H21N5O2. The van der Waals surface area contributed by atoms with Crippen molar-refractivity contribution in [2.24, 2.45) is 0 Å². The monoisotopic (exact) mass is 375 g/mol. The Morgan fingerprint density at radius 1 is 1.14 bits per heavy atom. The molecule has 0 bridgehead atoms. The first-order valence-corrected chi connectivity index (χ1v) is 9.17. The van der Waals surface area contributed by atoms with Gasteiger partial charge in [-0.05, 0) is 35.9 Å². The quantitative estimate of drug-likeness (QED) is 0.635. The standard InChI is InChI=1S/C21H21N5O2/c27-21(28)18-13-19(25-20(18)26-10-8-22-9-11-26)16-5-7-24-17(12-16)4-3-15-2-1-6-23-14-15/h1-7,12-14,22,25H,8-11H2,(H,27,28)/b4-3+. The molecule has 1 fully saturated rings. The van der Waals surface area contributed by atoms with Gasteiger partial charge in [-0.3, -0.25) is 9.97 Å². The minimum atomic E-state index is -0.929. The first-order valence-electron chi connectivity index (χ1n) is 9.17. The Morgan fingerprint density at radius 3 is 2.75 bits per heavy atom. The maximum atomic E-state index is 11.7. The van der Waals surface area contributed by atoms with Gasteiger partial charge in [-0.1, -0.05) is 12.1 Å². The lowest BCUT2D eigenvalue weighted by Gasteiger charge is -2.28. The predicted octanol–water partition coefficient (Wildman–Crippen LogP) is 2.75. The molecule has 28 heavy (non-hydrogen) atoms. The first-order chi connectivity index (χ1) is 13.7. The zero-order valence-corrected chi connectivity index (χ0v) is 15.3. The number of hydrogen-bond acceptors (Lipinski definition) is 5. The van der Waals surface area contributed by atoms with Gasteiger partial charge in [-0.15, -0.1) is 0 Å². The minimum absolute atomic E-state index is 0.293. The van der Waals surface area contributed by atoms with Gasteiger partial charge in [0.2, 0.25) is 0 Å². The fourth-order valence-corrected chi connectivity index (χ4v) is 3.26. The third-order valence-electron chi connectivity index (χ3n) is 4.68. The lowest BCUT2D eigenvalue weighted by Crippen LogP contribution is -2.44. The molecule has 0 unspecified atom stereocenters. The number of anilines is 1. The first kappa shape index (κ1) is 17.9. The molecule has 7 nitrogen and oxygen atoms in total. The molecule has 0 atom stereocenters. The number of aromatic carboxylic acids is 1. The van der Waals surface area contributed by atoms with Crippen molar-refractivity contribution in [2.75, 3.05) is 31.1 Å². The van der Waals surface area contributed by atoms with Gasteiger partial charge in [0.05, 0.1) is 5.69 Å². The van der Waals surface area contributed by atoms with Gasteiger partial charge < -0.3 is 20.3 Å². The SMILES string of the molecule is O=C(O)c1cc(-c2ccnc(/C=C/c3cccnc3)c2)[nH]c1N1CCNCC1. The van der Waals surface area contributed by atoms with Crippen molar-refractivity contribution < 1.29 is 9.90 Å². The van der Waals surface area contributed by atoms with Gasteiger partial charge in [0.1, 0.15) is 11.4 Å². The number of hydrogen-bond donors (Lipinski definition) is 3. The lowest BCUT2D eigenvalue weighted by atomic mass is 10.1. The summed E-state index contributed by atoms with van der Waals surface area (Å²) in [6.07, 6.45) is 9.10. The fourth-order valence-electron chi connectivity index (χ4n) is 3.26. The highest BCUT2D eigenvalue weighted by molar-refractivity contribution is 5.96. The van der Waals surface area contributed by atoms with E-state index in [2.05, 4.69) is 25.2 Å². The number of aromatic amines is 1. The Balaban J connectivity index is 1.64. The summed E-state index contributed by atoms with van der Waals surface area (Å²) in [5, 5.41) is 12.9. The van der Waals surface area contributed by atoms with E-state index in [4.69, 9.17) is 0 Å². The maximum absolute atomic E-state index is 11.7. The number of carboxylic acids is 1. The number of nitrogens with zero attached hydrogens (tertiary/aromatic N) is 3. The number of rotatable bonds is 5. The van der Waals surface area contributed by atoms with E-state index in [1.54, 1.807) is 24.7 Å². The van der Waals surface area contributed by atoms with Gasteiger partial charge in [-0.2, -0.15) is 0 Å². The van der Waals surface area contributed by atoms with Crippen molar-refractivity contribution in [3.8, 4) is 11.3 Å². The van der Waals surface area contributed by atoms with Gasteiger partial charge in [-0.25, -0.2) is 4.79 Å². The maximum Gasteiger partial charge on any atom is 0.339 e. The summed E-state index contributed by atoms with van der Waals surface area (Å²) in [6.45, 7) is 3.23. The molecule has 0 aliphatic carbocycles. The van der Waals surface area contributed by atoms with Gasteiger partial charge >= 0.3 is 5.97 Å². The van der Waals surface area contributed by atoms with E-state index in [-0.39, 0.29) is 0 Å². The molecular weight excluding hydrogens is 354 g/mol. The molecule has 3 aromatic heterocycles. The summed E-state index contributed by atoms with van der Waals surface area (Å²) in [5.74, 6) is -0.268. The van der Waals surface area contributed by atoms with Crippen LogP contribution in [0.5, 0.6) is 0 Å². The van der Waals surface area contributed by atoms with Gasteiger partial charge in [0.25, 0.3) is 0 Å². The van der Waals surface area contributed by atoms with E-state index >= 15 is 0 Å². The molecule has 1 aliphatic rings. The van der Waals surface area contributed by atoms with Crippen molar-refractivity contribution in [3.63, 3.8) is 0 Å². The highest BCUT2D eigenvalue weighted by Crippen LogP contribution is 2.28. The smallest absolute Gasteiger partial charge is 0.339 e. The summed E-state index contributed by atoms with van der Waals surface area (Å²) in [7, 11) is 0. The zero-order chi connectivity index (χ0) is 19.3. The van der Waals surface area contributed by atoms with Crippen LogP contribution >= 0.6 is 0 Å². The van der Waals surface area contributed by atoms with Crippen molar-refractivity contribution >= 4 is 23.9 Å². The molecule has 0 radical (unpaired) electrons. The molecule has 0 amide bonds. The molecule has 3 aromatic rings. The van der Waals surface area contributed by atoms with Gasteiger partial charge in [0, 0.05) is 56.0 Å². The molecule has 142 valence electrons. The van der Waals surface area contributed by atoms with Crippen molar-refractivity contribution in [2.45, 2.75) is 0 Å². The Labute approximate surface area is 162 Å². The summed E-state index contributed by atoms with van der Waals surface area (Å²) < 4.78 is 0. The predicted molar refractivity (Wildman–Crippen MR) is 109 cm³/mol. The summed E-state index contributed by atoms with van der Waals surface area (Å²) in [6, 6.07) is 9.36. The number of H-pyrrole nitrogens is 1. The summed E-state index contributed by atoms with van der Waals surface area (Å²) >= 11 is 0. The Kier molecular flexibility index (Phi) is 5.16. The number of carboxylic acid groups (broad SMARTS) is 1. The van der Waals surface area contributed by atoms with Crippen LogP contribution in [-0.4, -0.2) is 52.2 Å². The van der Waals surface area contributed by atoms with Crippen molar-refractivity contribution in [3.05, 3.63) is 65.7 Å². The normalized spacial score (nSPS) is 14.5. The van der Waals surface area contributed by atoms with Crippen molar-refractivity contribution in [1.29, 1.82) is 0 Å². The lowest BCUT2D eigenvalue weighted by molar-refractivity contribution is 0.0697. The number of nitrogens with one attached hydrogen (secondary N) is 2. The Bertz CT molecular complexity index is 991. The molecule has 0 aromatic carbocycles. The summed E-state index contributed by atoms with van der Waals surface area (Å²) in [4.78, 5) is 25.6. The van der Waals surface area contributed by atoms with Crippen LogP contribution in [0.15, 0.2) is 48.9 Å². The number of carbonyl (C=O) groups is 1. The highest BCUT2D eigenvalue weighted by atomic mass is 16.4. The van der Waals surface area contributed by atoms with Crippen LogP contribution in [0.1, 0.15) is 21.6 Å². The second kappa shape index (κ2) is 8.06. The second-order valence-electron chi connectivity index (χ2n) is 6.58. The molecule has 1 saturated heterocycles. The minimum Gasteiger partial charge on any atom is -0.478 e. The van der Waals surface area contributed by atoms with Crippen LogP contribution in [0.3, 0.4) is 0 Å². The molecule has 4 rings (SSSR count). The molecule has 0 saturated carbocycles. The zero-order valence-electron chi connectivity index (χ0n) is 15.3. The third kappa shape index (κ3) is 3.94. The van der Waals surface area contributed by atoms with Crippen LogP contribution < -0.4 is 10.2 Å². The molecule has 1 aliphatic heterocycles. The molecule has 0 spiro atoms. The van der Waals surface area contributed by atoms with E-state index in [1.807, 2.05) is 36.4 Å². The number of piperazine rings is 1. The number of pyridine rings is 2. The Morgan fingerprint density at radius 2 is 2.00 bits per heavy atom. The molecule has 4 heterocycles. The topological polar surface area (TPSA) is 94.1 Å². The van der Waals surface area contributed by atoms with Gasteiger partial charge in [0.15, 0.2) is 0 Å². The summed E-state index contributed by atoms with van der Waals surface area (Å²) in [5.41, 5.74) is 3.73. The van der Waals surface area contributed by atoms with E-state index < -0.39 is 5.97 Å². The van der Waals surface area contributed by atoms with E-state index in [0.29, 0.717) is 11.4 Å². The second-order valence-corrected chi connectivity index (χ2v) is 6.58. The van der Waals surface area contributed by atoms with E-state index in [0.717, 1.165) is 48.7 Å². The largest absolute Gasteiger partial charge is 0.478 e. The van der Waals surface area contributed by atoms with E-state index in [1.165, 1.54) is 0 Å². The average Bonchev–Trinajstić information content (AvgIpc) is 3.20. The van der Waals surface area contributed by atoms with Crippen LogP contribution in [0, 0.1) is 0 Å². The fraction of sp³-hybridized carbons (Fsp3) is 0.190. The van der Waals surface area contributed by atoms with Crippen LogP contribution in [0.25, 0.3) is 23.4 Å². The Hall–Kier alpha value is -3.45. The average molecular weight is 375 g/mol. The van der Waals surface area contributed by atoms with Crippen LogP contribution in [0.2, 0.25) is 0 Å². The van der Waals surface area contributed by atoms with Crippen molar-refractivity contribution in [1.82, 2.24) is 20.3 Å². The van der Waals surface area contributed by atoms with Crippen LogP contribution in [0.4, 0.5) is 5.82 Å².